The van der Waals surface area contributed by atoms with E-state index in [1.54, 1.807) is 7.11 Å². The lowest BCUT2D eigenvalue weighted by atomic mass is 9.83. The van der Waals surface area contributed by atoms with Crippen molar-refractivity contribution in [1.29, 1.82) is 0 Å². The molecule has 6 rings (SSSR count). The monoisotopic (exact) mass is 463 g/mol. The summed E-state index contributed by atoms with van der Waals surface area (Å²) in [6.45, 7) is 3.92. The van der Waals surface area contributed by atoms with Crippen molar-refractivity contribution in [3.05, 3.63) is 76.3 Å². The third kappa shape index (κ3) is 3.56. The van der Waals surface area contributed by atoms with Gasteiger partial charge in [-0.25, -0.2) is 4.21 Å². The summed E-state index contributed by atoms with van der Waals surface area (Å²) in [5.41, 5.74) is 5.92. The van der Waals surface area contributed by atoms with E-state index in [1.807, 2.05) is 37.3 Å². The van der Waals surface area contributed by atoms with Gasteiger partial charge in [0, 0.05) is 24.7 Å². The Hall–Kier alpha value is -3.03. The molecule has 0 N–H and O–H groups in total. The highest BCUT2D eigenvalue weighted by Gasteiger charge is 2.36. The van der Waals surface area contributed by atoms with E-state index in [1.165, 1.54) is 16.7 Å². The van der Waals surface area contributed by atoms with E-state index in [4.69, 9.17) is 18.4 Å². The summed E-state index contributed by atoms with van der Waals surface area (Å²) < 4.78 is 36.0. The molecule has 3 heterocycles. The van der Waals surface area contributed by atoms with Crippen molar-refractivity contribution in [2.75, 3.05) is 20.4 Å². The van der Waals surface area contributed by atoms with Crippen LogP contribution in [0.5, 0.6) is 23.0 Å². The Bertz CT molecular complexity index is 1270. The third-order valence-corrected chi connectivity index (χ3v) is 7.72. The maximum atomic E-state index is 13.1. The summed E-state index contributed by atoms with van der Waals surface area (Å²) in [6, 6.07) is 16.2. The summed E-state index contributed by atoms with van der Waals surface area (Å²) in [6.07, 6.45) is 1.80. The first-order chi connectivity index (χ1) is 16.1. The van der Waals surface area contributed by atoms with E-state index in [9.17, 15) is 4.21 Å². The van der Waals surface area contributed by atoms with E-state index in [-0.39, 0.29) is 12.8 Å². The molecule has 3 aromatic rings. The van der Waals surface area contributed by atoms with Crippen molar-refractivity contribution in [3.8, 4) is 23.0 Å². The fourth-order valence-electron chi connectivity index (χ4n) is 5.09. The minimum atomic E-state index is -1.63. The zero-order valence-electron chi connectivity index (χ0n) is 18.6. The molecule has 0 fully saturated rings. The lowest BCUT2D eigenvalue weighted by Crippen LogP contribution is -2.39. The van der Waals surface area contributed by atoms with Crippen LogP contribution in [-0.4, -0.2) is 29.6 Å². The standard InChI is InChI=1S/C26H25NO5S/c1-16-4-3-5-19(10-16)33(28)32-26-21-14-27-9-8-18-12-24-25(31-15-30-24)13-20(18)22(27)11-17(21)6-7-23(26)29-2/h3-7,10,12-13,22H,8-9,11,14-15H2,1-2H3. The lowest BCUT2D eigenvalue weighted by Gasteiger charge is -2.41. The molecule has 0 saturated heterocycles. The normalized spacial score (nSPS) is 19.3. The van der Waals surface area contributed by atoms with E-state index in [0.29, 0.717) is 22.9 Å². The fraction of sp³-hybridized carbons (Fsp3) is 0.308. The molecule has 3 aliphatic heterocycles. The second-order valence-corrected chi connectivity index (χ2v) is 9.82. The minimum absolute atomic E-state index is 0.263. The van der Waals surface area contributed by atoms with Crippen molar-refractivity contribution >= 4 is 11.1 Å². The highest BCUT2D eigenvalue weighted by atomic mass is 32.2. The number of ether oxygens (including phenoxy) is 3. The molecular formula is C26H25NO5S. The largest absolute Gasteiger partial charge is 0.493 e. The third-order valence-electron chi connectivity index (χ3n) is 6.76. The molecule has 0 bridgehead atoms. The summed E-state index contributed by atoms with van der Waals surface area (Å²) >= 11 is -1.63. The van der Waals surface area contributed by atoms with Gasteiger partial charge in [0.1, 0.15) is 0 Å². The van der Waals surface area contributed by atoms with Crippen molar-refractivity contribution in [2.24, 2.45) is 0 Å². The Morgan fingerprint density at radius 1 is 1.06 bits per heavy atom. The number of hydrogen-bond acceptors (Lipinski definition) is 6. The number of aryl methyl sites for hydroxylation is 1. The Labute approximate surface area is 195 Å². The molecule has 0 saturated carbocycles. The van der Waals surface area contributed by atoms with Crippen LogP contribution in [-0.2, 0) is 30.5 Å². The topological polar surface area (TPSA) is 57.2 Å². The second-order valence-electron chi connectivity index (χ2n) is 8.71. The highest BCUT2D eigenvalue weighted by molar-refractivity contribution is 7.80. The summed E-state index contributed by atoms with van der Waals surface area (Å²) in [7, 11) is 1.62. The number of nitrogens with zero attached hydrogens (tertiary/aromatic N) is 1. The van der Waals surface area contributed by atoms with Crippen LogP contribution in [0.4, 0.5) is 0 Å². The molecule has 0 spiro atoms. The van der Waals surface area contributed by atoms with Gasteiger partial charge in [-0.05, 0) is 72.4 Å². The molecule has 3 aliphatic rings. The summed E-state index contributed by atoms with van der Waals surface area (Å²) in [4.78, 5) is 3.11. The van der Waals surface area contributed by atoms with E-state index in [0.717, 1.165) is 42.0 Å². The zero-order valence-corrected chi connectivity index (χ0v) is 19.4. The maximum absolute atomic E-state index is 13.1. The lowest BCUT2D eigenvalue weighted by molar-refractivity contribution is 0.159. The molecule has 0 aromatic heterocycles. The smallest absolute Gasteiger partial charge is 0.240 e. The van der Waals surface area contributed by atoms with E-state index >= 15 is 0 Å². The van der Waals surface area contributed by atoms with Crippen molar-refractivity contribution < 1.29 is 22.6 Å². The van der Waals surface area contributed by atoms with E-state index in [2.05, 4.69) is 23.1 Å². The average Bonchev–Trinajstić information content (AvgIpc) is 3.29. The number of benzene rings is 3. The van der Waals surface area contributed by atoms with Gasteiger partial charge >= 0.3 is 0 Å². The van der Waals surface area contributed by atoms with Crippen LogP contribution < -0.4 is 18.4 Å². The Kier molecular flexibility index (Phi) is 5.03. The molecule has 0 aliphatic carbocycles. The van der Waals surface area contributed by atoms with Gasteiger partial charge in [-0.15, -0.1) is 0 Å². The first-order valence-corrected chi connectivity index (χ1v) is 12.2. The molecule has 0 radical (unpaired) electrons. The molecule has 2 unspecified atom stereocenters. The molecule has 170 valence electrons. The first kappa shape index (κ1) is 20.6. The average molecular weight is 464 g/mol. The fourth-order valence-corrected chi connectivity index (χ4v) is 5.99. The molecule has 33 heavy (non-hydrogen) atoms. The van der Waals surface area contributed by atoms with Crippen molar-refractivity contribution in [2.45, 2.75) is 37.2 Å². The molecule has 7 heteroatoms. The predicted octanol–water partition coefficient (Wildman–Crippen LogP) is 4.49. The Balaban J connectivity index is 1.36. The van der Waals surface area contributed by atoms with Crippen molar-refractivity contribution in [3.63, 3.8) is 0 Å². The minimum Gasteiger partial charge on any atom is -0.493 e. The SMILES string of the molecule is COc1ccc2c(c1OS(=O)c1cccc(C)c1)CN1CCc3cc4c(cc3C1C2)OCO4. The number of hydrogen-bond donors (Lipinski definition) is 0. The Morgan fingerprint density at radius 3 is 2.73 bits per heavy atom. The summed E-state index contributed by atoms with van der Waals surface area (Å²) in [5.74, 6) is 2.85. The molecule has 2 atom stereocenters. The van der Waals surface area contributed by atoms with Gasteiger partial charge in [0.15, 0.2) is 23.0 Å². The Morgan fingerprint density at radius 2 is 1.91 bits per heavy atom. The molecule has 0 amide bonds. The van der Waals surface area contributed by atoms with Crippen LogP contribution in [0.3, 0.4) is 0 Å². The van der Waals surface area contributed by atoms with Crippen LogP contribution in [0.15, 0.2) is 53.4 Å². The van der Waals surface area contributed by atoms with Crippen LogP contribution in [0.1, 0.15) is 33.9 Å². The highest BCUT2D eigenvalue weighted by Crippen LogP contribution is 2.47. The van der Waals surface area contributed by atoms with Crippen LogP contribution in [0, 0.1) is 6.92 Å². The van der Waals surface area contributed by atoms with Crippen molar-refractivity contribution in [1.82, 2.24) is 4.90 Å². The maximum Gasteiger partial charge on any atom is 0.240 e. The first-order valence-electron chi connectivity index (χ1n) is 11.1. The van der Waals surface area contributed by atoms with Gasteiger partial charge in [-0.2, -0.15) is 0 Å². The quantitative estimate of drug-likeness (QED) is 0.568. The van der Waals surface area contributed by atoms with Gasteiger partial charge in [0.25, 0.3) is 0 Å². The van der Waals surface area contributed by atoms with Gasteiger partial charge in [0.05, 0.1) is 12.0 Å². The van der Waals surface area contributed by atoms with Gasteiger partial charge < -0.3 is 18.4 Å². The zero-order chi connectivity index (χ0) is 22.5. The molecule has 3 aromatic carbocycles. The van der Waals surface area contributed by atoms with Crippen LogP contribution in [0.25, 0.3) is 0 Å². The number of rotatable bonds is 4. The predicted molar refractivity (Wildman–Crippen MR) is 124 cm³/mol. The van der Waals surface area contributed by atoms with Gasteiger partial charge in [-0.3, -0.25) is 4.90 Å². The van der Waals surface area contributed by atoms with E-state index < -0.39 is 11.1 Å². The second kappa shape index (κ2) is 8.08. The van der Waals surface area contributed by atoms with Crippen LogP contribution >= 0.6 is 0 Å². The molecular weight excluding hydrogens is 438 g/mol. The van der Waals surface area contributed by atoms with Gasteiger partial charge in [-0.1, -0.05) is 18.2 Å². The number of fused-ring (bicyclic) bond motifs is 5. The summed E-state index contributed by atoms with van der Waals surface area (Å²) in [5, 5.41) is 0. The molecule has 6 nitrogen and oxygen atoms in total. The van der Waals surface area contributed by atoms with Crippen LogP contribution in [0.2, 0.25) is 0 Å². The van der Waals surface area contributed by atoms with Gasteiger partial charge in [0.2, 0.25) is 17.9 Å². The number of methoxy groups -OCH3 is 1.